The van der Waals surface area contributed by atoms with Crippen LogP contribution in [0.3, 0.4) is 0 Å². The number of hydrogen-bond acceptors (Lipinski definition) is 5. The molecule has 11 heteroatoms. The predicted molar refractivity (Wildman–Crippen MR) is 88.8 cm³/mol. The van der Waals surface area contributed by atoms with Crippen molar-refractivity contribution in [3.8, 4) is 0 Å². The van der Waals surface area contributed by atoms with E-state index in [1.54, 1.807) is 6.92 Å². The minimum Gasteiger partial charge on any atom is -0.321 e. The molecule has 0 saturated heterocycles. The lowest BCUT2D eigenvalue weighted by atomic mass is 10.2. The molecule has 0 radical (unpaired) electrons. The maximum atomic E-state index is 12.7. The third-order valence-electron chi connectivity index (χ3n) is 3.14. The van der Waals surface area contributed by atoms with E-state index >= 15 is 0 Å². The van der Waals surface area contributed by atoms with Crippen molar-refractivity contribution < 1.29 is 26.4 Å². The standard InChI is InChI=1S/C15H13ClF3N3O3S/c1-2-6-26(24,25)14-20-8-11(16)12(22-14)13(23)21-10-5-3-4-9(7-10)15(17,18)19/h3-5,7-8H,2,6H2,1H3,(H,21,23). The van der Waals surface area contributed by atoms with Crippen molar-refractivity contribution >= 4 is 33.0 Å². The van der Waals surface area contributed by atoms with Gasteiger partial charge in [0, 0.05) is 5.69 Å². The Morgan fingerprint density at radius 2 is 2.00 bits per heavy atom. The summed E-state index contributed by atoms with van der Waals surface area (Å²) in [5.41, 5.74) is -1.54. The SMILES string of the molecule is CCCS(=O)(=O)c1ncc(Cl)c(C(=O)Nc2cccc(C(F)(F)F)c2)n1. The molecule has 1 amide bonds. The summed E-state index contributed by atoms with van der Waals surface area (Å²) in [6.45, 7) is 1.65. The number of aromatic nitrogens is 2. The van der Waals surface area contributed by atoms with Gasteiger partial charge in [-0.2, -0.15) is 13.2 Å². The minimum absolute atomic E-state index is 0.141. The van der Waals surface area contributed by atoms with Crippen molar-refractivity contribution in [1.29, 1.82) is 0 Å². The van der Waals surface area contributed by atoms with Crippen molar-refractivity contribution in [2.45, 2.75) is 24.7 Å². The van der Waals surface area contributed by atoms with Crippen LogP contribution in [-0.2, 0) is 16.0 Å². The largest absolute Gasteiger partial charge is 0.416 e. The number of amides is 1. The van der Waals surface area contributed by atoms with Crippen LogP contribution in [0.1, 0.15) is 29.4 Å². The maximum absolute atomic E-state index is 12.7. The van der Waals surface area contributed by atoms with E-state index in [0.717, 1.165) is 24.4 Å². The number of anilines is 1. The Hall–Kier alpha value is -2.20. The lowest BCUT2D eigenvalue weighted by Gasteiger charge is -2.10. The van der Waals surface area contributed by atoms with Gasteiger partial charge in [0.2, 0.25) is 15.0 Å². The lowest BCUT2D eigenvalue weighted by Crippen LogP contribution is -2.18. The van der Waals surface area contributed by atoms with Crippen LogP contribution in [0.2, 0.25) is 5.02 Å². The monoisotopic (exact) mass is 407 g/mol. The number of alkyl halides is 3. The molecule has 0 saturated carbocycles. The summed E-state index contributed by atoms with van der Waals surface area (Å²) in [4.78, 5) is 19.5. The smallest absolute Gasteiger partial charge is 0.321 e. The molecule has 0 unspecified atom stereocenters. The summed E-state index contributed by atoms with van der Waals surface area (Å²) in [5.74, 6) is -1.17. The van der Waals surface area contributed by atoms with Crippen molar-refractivity contribution in [3.63, 3.8) is 0 Å². The van der Waals surface area contributed by atoms with Crippen LogP contribution in [0.25, 0.3) is 0 Å². The molecule has 0 aliphatic heterocycles. The van der Waals surface area contributed by atoms with Gasteiger partial charge in [0.1, 0.15) is 0 Å². The minimum atomic E-state index is -4.57. The van der Waals surface area contributed by atoms with Gasteiger partial charge in [0.05, 0.1) is 22.5 Å². The Morgan fingerprint density at radius 1 is 1.31 bits per heavy atom. The Bertz CT molecular complexity index is 933. The quantitative estimate of drug-likeness (QED) is 0.765. The summed E-state index contributed by atoms with van der Waals surface area (Å²) in [7, 11) is -3.79. The van der Waals surface area contributed by atoms with Gasteiger partial charge >= 0.3 is 6.18 Å². The first-order valence-electron chi connectivity index (χ1n) is 7.28. The van der Waals surface area contributed by atoms with Gasteiger partial charge < -0.3 is 5.32 Å². The van der Waals surface area contributed by atoms with Crippen molar-refractivity contribution in [2.24, 2.45) is 0 Å². The average Bonchev–Trinajstić information content (AvgIpc) is 2.54. The van der Waals surface area contributed by atoms with Gasteiger partial charge in [0.15, 0.2) is 5.69 Å². The van der Waals surface area contributed by atoms with Crippen molar-refractivity contribution in [3.05, 3.63) is 46.7 Å². The first kappa shape index (κ1) is 20.1. The first-order chi connectivity index (χ1) is 12.0. The Morgan fingerprint density at radius 3 is 2.62 bits per heavy atom. The van der Waals surface area contributed by atoms with Crippen LogP contribution < -0.4 is 5.32 Å². The number of benzene rings is 1. The zero-order chi connectivity index (χ0) is 19.5. The van der Waals surface area contributed by atoms with E-state index in [2.05, 4.69) is 15.3 Å². The first-order valence-corrected chi connectivity index (χ1v) is 9.31. The number of nitrogens with one attached hydrogen (secondary N) is 1. The third-order valence-corrected chi connectivity index (χ3v) is 5.11. The van der Waals surface area contributed by atoms with Gasteiger partial charge in [-0.15, -0.1) is 0 Å². The molecular weight excluding hydrogens is 395 g/mol. The van der Waals surface area contributed by atoms with Crippen LogP contribution in [0.15, 0.2) is 35.6 Å². The summed E-state index contributed by atoms with van der Waals surface area (Å²) in [6, 6.07) is 3.96. The van der Waals surface area contributed by atoms with E-state index in [0.29, 0.717) is 6.42 Å². The molecule has 1 aromatic carbocycles. The molecule has 6 nitrogen and oxygen atoms in total. The van der Waals surface area contributed by atoms with Crippen molar-refractivity contribution in [1.82, 2.24) is 9.97 Å². The molecule has 0 bridgehead atoms. The summed E-state index contributed by atoms with van der Waals surface area (Å²) in [5, 5.41) is 1.41. The molecule has 0 atom stereocenters. The lowest BCUT2D eigenvalue weighted by molar-refractivity contribution is -0.137. The van der Waals surface area contributed by atoms with Gasteiger partial charge in [0.25, 0.3) is 5.91 Å². The van der Waals surface area contributed by atoms with E-state index in [-0.39, 0.29) is 16.5 Å². The molecule has 140 valence electrons. The van der Waals surface area contributed by atoms with Crippen LogP contribution in [-0.4, -0.2) is 30.0 Å². The molecule has 2 aromatic rings. The van der Waals surface area contributed by atoms with Gasteiger partial charge in [-0.05, 0) is 24.6 Å². The van der Waals surface area contributed by atoms with Gasteiger partial charge in [-0.25, -0.2) is 18.4 Å². The van der Waals surface area contributed by atoms with Crippen LogP contribution >= 0.6 is 11.6 Å². The van der Waals surface area contributed by atoms with E-state index in [1.807, 2.05) is 0 Å². The number of hydrogen-bond donors (Lipinski definition) is 1. The summed E-state index contributed by atoms with van der Waals surface area (Å²) in [6.07, 6.45) is -3.30. The highest BCUT2D eigenvalue weighted by molar-refractivity contribution is 7.91. The number of carbonyl (C=O) groups is 1. The van der Waals surface area contributed by atoms with Crippen molar-refractivity contribution in [2.75, 3.05) is 11.1 Å². The fourth-order valence-electron chi connectivity index (χ4n) is 1.98. The molecule has 0 aliphatic carbocycles. The fourth-order valence-corrected chi connectivity index (χ4v) is 3.32. The summed E-state index contributed by atoms with van der Waals surface area (Å²) < 4.78 is 62.2. The van der Waals surface area contributed by atoms with E-state index in [4.69, 9.17) is 11.6 Å². The second-order valence-corrected chi connectivity index (χ2v) is 7.61. The normalized spacial score (nSPS) is 12.0. The molecule has 1 N–H and O–H groups in total. The van der Waals surface area contributed by atoms with Crippen LogP contribution in [0, 0.1) is 0 Å². The number of sulfone groups is 1. The van der Waals surface area contributed by atoms with E-state index in [1.165, 1.54) is 6.07 Å². The van der Waals surface area contributed by atoms with Gasteiger partial charge in [-0.3, -0.25) is 4.79 Å². The van der Waals surface area contributed by atoms with Gasteiger partial charge in [-0.1, -0.05) is 24.6 Å². The van der Waals surface area contributed by atoms with Crippen LogP contribution in [0.4, 0.5) is 18.9 Å². The second kappa shape index (κ2) is 7.58. The Balaban J connectivity index is 2.33. The maximum Gasteiger partial charge on any atom is 0.416 e. The highest BCUT2D eigenvalue weighted by Crippen LogP contribution is 2.30. The number of carbonyl (C=O) groups excluding carboxylic acids is 1. The third kappa shape index (κ3) is 4.70. The highest BCUT2D eigenvalue weighted by Gasteiger charge is 2.30. The predicted octanol–water partition coefficient (Wildman–Crippen LogP) is 3.58. The Kier molecular flexibility index (Phi) is 5.87. The molecule has 0 aliphatic rings. The molecular formula is C15H13ClF3N3O3S. The number of nitrogens with zero attached hydrogens (tertiary/aromatic N) is 2. The molecule has 26 heavy (non-hydrogen) atoms. The number of rotatable bonds is 5. The molecule has 0 spiro atoms. The number of halogens is 4. The highest BCUT2D eigenvalue weighted by atomic mass is 35.5. The zero-order valence-corrected chi connectivity index (χ0v) is 14.9. The zero-order valence-electron chi connectivity index (χ0n) is 13.3. The van der Waals surface area contributed by atoms with E-state index in [9.17, 15) is 26.4 Å². The topological polar surface area (TPSA) is 89.0 Å². The molecule has 1 aromatic heterocycles. The molecule has 1 heterocycles. The fraction of sp³-hybridized carbons (Fsp3) is 0.267. The molecule has 2 rings (SSSR count). The second-order valence-electron chi connectivity index (χ2n) is 5.20. The summed E-state index contributed by atoms with van der Waals surface area (Å²) >= 11 is 5.83. The van der Waals surface area contributed by atoms with Crippen LogP contribution in [0.5, 0.6) is 0 Å². The van der Waals surface area contributed by atoms with E-state index < -0.39 is 38.3 Å². The molecule has 0 fully saturated rings. The Labute approximate surface area is 152 Å². The average molecular weight is 408 g/mol.